The number of pyridine rings is 1. The number of aromatic nitrogens is 1. The van der Waals surface area contributed by atoms with Crippen molar-refractivity contribution in [1.82, 2.24) is 15.2 Å². The number of hydrogen-bond acceptors (Lipinski definition) is 4. The van der Waals surface area contributed by atoms with Gasteiger partial charge in [-0.1, -0.05) is 28.1 Å². The lowest BCUT2D eigenvalue weighted by Gasteiger charge is -2.33. The number of halogens is 1. The number of amides is 3. The van der Waals surface area contributed by atoms with Crippen LogP contribution >= 0.6 is 15.9 Å². The van der Waals surface area contributed by atoms with E-state index in [9.17, 15) is 9.59 Å². The molecular weight excluding hydrogens is 410 g/mol. The molecule has 0 aliphatic carbocycles. The Kier molecular flexibility index (Phi) is 6.41. The molecule has 7 nitrogen and oxygen atoms in total. The third-order valence-electron chi connectivity index (χ3n) is 4.58. The zero-order valence-electron chi connectivity index (χ0n) is 14.8. The van der Waals surface area contributed by atoms with Gasteiger partial charge in [0.05, 0.1) is 0 Å². The topological polar surface area (TPSA) is 100 Å². The third-order valence-corrected chi connectivity index (χ3v) is 5.10. The number of anilines is 1. The van der Waals surface area contributed by atoms with Crippen LogP contribution in [0.2, 0.25) is 0 Å². The Bertz CT molecular complexity index is 776. The van der Waals surface area contributed by atoms with Crippen molar-refractivity contribution in [3.8, 4) is 0 Å². The fraction of sp³-hybridized carbons (Fsp3) is 0.316. The number of carbonyl (C=O) groups is 2. The molecule has 4 N–H and O–H groups in total. The average molecular weight is 432 g/mol. The summed E-state index contributed by atoms with van der Waals surface area (Å²) in [7, 11) is 0. The lowest BCUT2D eigenvalue weighted by Crippen LogP contribution is -2.49. The molecule has 0 radical (unpaired) electrons. The second-order valence-electron chi connectivity index (χ2n) is 6.46. The third kappa shape index (κ3) is 5.27. The van der Waals surface area contributed by atoms with E-state index in [1.54, 1.807) is 29.4 Å². The van der Waals surface area contributed by atoms with Gasteiger partial charge >= 0.3 is 6.03 Å². The molecule has 142 valence electrons. The van der Waals surface area contributed by atoms with Gasteiger partial charge < -0.3 is 21.3 Å². The summed E-state index contributed by atoms with van der Waals surface area (Å²) in [6, 6.07) is 10.0. The second-order valence-corrected chi connectivity index (χ2v) is 7.38. The summed E-state index contributed by atoms with van der Waals surface area (Å²) in [5, 5.41) is 5.72. The van der Waals surface area contributed by atoms with Crippen molar-refractivity contribution < 1.29 is 9.59 Å². The van der Waals surface area contributed by atoms with E-state index in [2.05, 4.69) is 31.5 Å². The van der Waals surface area contributed by atoms with Crippen LogP contribution in [0.15, 0.2) is 53.3 Å². The van der Waals surface area contributed by atoms with Gasteiger partial charge in [0, 0.05) is 41.7 Å². The lowest BCUT2D eigenvalue weighted by atomic mass is 10.0. The molecule has 0 saturated carbocycles. The maximum Gasteiger partial charge on any atom is 0.319 e. The minimum atomic E-state index is -0.669. The highest BCUT2D eigenvalue weighted by Gasteiger charge is 2.27. The Balaban J connectivity index is 1.47. The van der Waals surface area contributed by atoms with E-state index in [4.69, 9.17) is 5.73 Å². The molecule has 1 aliphatic rings. The fourth-order valence-corrected chi connectivity index (χ4v) is 3.31. The summed E-state index contributed by atoms with van der Waals surface area (Å²) in [6.07, 6.45) is 4.63. The van der Waals surface area contributed by atoms with Crippen LogP contribution in [0, 0.1) is 0 Å². The van der Waals surface area contributed by atoms with Crippen LogP contribution in [0.4, 0.5) is 10.5 Å². The number of benzene rings is 1. The standard InChI is InChI=1S/C19H22BrN5O2/c20-14-3-1-13(2-4-14)17(21)18(26)25-11-7-16(8-12-25)24-19(27)23-15-5-9-22-10-6-15/h1-6,9-10,16-17H,7-8,11-12,21H2,(H2,22,23,24,27). The predicted molar refractivity (Wildman–Crippen MR) is 107 cm³/mol. The van der Waals surface area contributed by atoms with Gasteiger partial charge in [0.25, 0.3) is 0 Å². The first-order valence-corrected chi connectivity index (χ1v) is 9.59. The van der Waals surface area contributed by atoms with Crippen LogP contribution in [-0.4, -0.2) is 41.0 Å². The molecule has 3 rings (SSSR count). The van der Waals surface area contributed by atoms with E-state index in [-0.39, 0.29) is 18.0 Å². The Labute approximate surface area is 166 Å². The van der Waals surface area contributed by atoms with Crippen molar-refractivity contribution in [2.45, 2.75) is 24.9 Å². The van der Waals surface area contributed by atoms with E-state index in [1.165, 1.54) is 0 Å². The first-order valence-electron chi connectivity index (χ1n) is 8.80. The normalized spacial score (nSPS) is 15.9. The number of carbonyl (C=O) groups excluding carboxylic acids is 2. The SMILES string of the molecule is NC(C(=O)N1CCC(NC(=O)Nc2ccncc2)CC1)c1ccc(Br)cc1. The number of hydrogen-bond donors (Lipinski definition) is 3. The molecule has 1 aromatic carbocycles. The summed E-state index contributed by atoms with van der Waals surface area (Å²) in [5.41, 5.74) is 7.61. The summed E-state index contributed by atoms with van der Waals surface area (Å²) in [4.78, 5) is 30.4. The largest absolute Gasteiger partial charge is 0.341 e. The van der Waals surface area contributed by atoms with E-state index in [0.717, 1.165) is 10.0 Å². The van der Waals surface area contributed by atoms with Gasteiger partial charge in [-0.3, -0.25) is 9.78 Å². The van der Waals surface area contributed by atoms with Gasteiger partial charge in [-0.25, -0.2) is 4.79 Å². The Hall–Kier alpha value is -2.45. The molecule has 0 spiro atoms. The van der Waals surface area contributed by atoms with E-state index in [1.807, 2.05) is 24.3 Å². The number of likely N-dealkylation sites (tertiary alicyclic amines) is 1. The molecule has 1 aromatic heterocycles. The first kappa shape index (κ1) is 19.3. The number of rotatable bonds is 4. The number of nitrogens with one attached hydrogen (secondary N) is 2. The van der Waals surface area contributed by atoms with Crippen LogP contribution in [0.3, 0.4) is 0 Å². The van der Waals surface area contributed by atoms with Crippen LogP contribution in [-0.2, 0) is 4.79 Å². The van der Waals surface area contributed by atoms with Crippen LogP contribution in [0.25, 0.3) is 0 Å². The highest BCUT2D eigenvalue weighted by atomic mass is 79.9. The fourth-order valence-electron chi connectivity index (χ4n) is 3.04. The molecule has 8 heteroatoms. The van der Waals surface area contributed by atoms with Gasteiger partial charge in [-0.05, 0) is 42.7 Å². The predicted octanol–water partition coefficient (Wildman–Crippen LogP) is 2.66. The van der Waals surface area contributed by atoms with Crippen LogP contribution in [0.5, 0.6) is 0 Å². The van der Waals surface area contributed by atoms with Gasteiger partial charge in [0.15, 0.2) is 0 Å². The van der Waals surface area contributed by atoms with Crippen molar-refractivity contribution >= 4 is 33.6 Å². The summed E-state index contributed by atoms with van der Waals surface area (Å²) in [5.74, 6) is -0.0861. The van der Waals surface area contributed by atoms with Gasteiger partial charge in [-0.15, -0.1) is 0 Å². The summed E-state index contributed by atoms with van der Waals surface area (Å²) in [6.45, 7) is 1.15. The zero-order valence-corrected chi connectivity index (χ0v) is 16.4. The van der Waals surface area contributed by atoms with Crippen molar-refractivity contribution in [3.05, 3.63) is 58.8 Å². The second kappa shape index (κ2) is 8.96. The lowest BCUT2D eigenvalue weighted by molar-refractivity contribution is -0.133. The van der Waals surface area contributed by atoms with E-state index in [0.29, 0.717) is 31.6 Å². The average Bonchev–Trinajstić information content (AvgIpc) is 2.69. The number of urea groups is 1. The van der Waals surface area contributed by atoms with Gasteiger partial charge in [0.2, 0.25) is 5.91 Å². The first-order chi connectivity index (χ1) is 13.0. The molecule has 1 saturated heterocycles. The maximum absolute atomic E-state index is 12.6. The van der Waals surface area contributed by atoms with Gasteiger partial charge in [0.1, 0.15) is 6.04 Å². The zero-order chi connectivity index (χ0) is 19.2. The molecule has 27 heavy (non-hydrogen) atoms. The minimum Gasteiger partial charge on any atom is -0.341 e. The molecule has 2 aromatic rings. The highest BCUT2D eigenvalue weighted by molar-refractivity contribution is 9.10. The van der Waals surface area contributed by atoms with E-state index < -0.39 is 6.04 Å². The van der Waals surface area contributed by atoms with Crippen molar-refractivity contribution in [1.29, 1.82) is 0 Å². The molecule has 0 bridgehead atoms. The maximum atomic E-state index is 12.6. The van der Waals surface area contributed by atoms with Crippen molar-refractivity contribution in [3.63, 3.8) is 0 Å². The molecule has 1 aliphatic heterocycles. The molecule has 2 heterocycles. The van der Waals surface area contributed by atoms with Crippen molar-refractivity contribution in [2.75, 3.05) is 18.4 Å². The van der Waals surface area contributed by atoms with E-state index >= 15 is 0 Å². The minimum absolute atomic E-state index is 0.0276. The van der Waals surface area contributed by atoms with Gasteiger partial charge in [-0.2, -0.15) is 0 Å². The Morgan fingerprint density at radius 3 is 2.37 bits per heavy atom. The Morgan fingerprint density at radius 1 is 1.11 bits per heavy atom. The summed E-state index contributed by atoms with van der Waals surface area (Å²) >= 11 is 3.38. The van der Waals surface area contributed by atoms with Crippen LogP contribution < -0.4 is 16.4 Å². The van der Waals surface area contributed by atoms with Crippen LogP contribution in [0.1, 0.15) is 24.4 Å². The Morgan fingerprint density at radius 2 is 1.74 bits per heavy atom. The molecule has 1 atom stereocenters. The number of nitrogens with zero attached hydrogens (tertiary/aromatic N) is 2. The quantitative estimate of drug-likeness (QED) is 0.692. The summed E-state index contributed by atoms with van der Waals surface area (Å²) < 4.78 is 0.947. The molecular formula is C19H22BrN5O2. The smallest absolute Gasteiger partial charge is 0.319 e. The molecule has 3 amide bonds. The molecule has 1 unspecified atom stereocenters. The number of piperidine rings is 1. The highest BCUT2D eigenvalue weighted by Crippen LogP contribution is 2.19. The number of nitrogens with two attached hydrogens (primary N) is 1. The monoisotopic (exact) mass is 431 g/mol. The van der Waals surface area contributed by atoms with Crippen molar-refractivity contribution in [2.24, 2.45) is 5.73 Å². The molecule has 1 fully saturated rings.